The summed E-state index contributed by atoms with van der Waals surface area (Å²) < 4.78 is 2.03. The minimum atomic E-state index is -0.266. The monoisotopic (exact) mass is 263 g/mol. The zero-order valence-electron chi connectivity index (χ0n) is 11.4. The molecule has 0 aliphatic carbocycles. The van der Waals surface area contributed by atoms with Gasteiger partial charge in [0.2, 0.25) is 0 Å². The molecule has 5 heteroatoms. The Morgan fingerprint density at radius 3 is 2.68 bits per heavy atom. The Hall–Kier alpha value is -1.59. The van der Waals surface area contributed by atoms with E-state index in [1.807, 2.05) is 16.7 Å². The van der Waals surface area contributed by atoms with Gasteiger partial charge < -0.3 is 20.5 Å². The summed E-state index contributed by atoms with van der Waals surface area (Å²) in [5.74, 6) is 0.610. The summed E-state index contributed by atoms with van der Waals surface area (Å²) in [7, 11) is 0. The number of imidazole rings is 1. The van der Waals surface area contributed by atoms with Gasteiger partial charge in [0.15, 0.2) is 0 Å². The molecule has 1 atom stereocenters. The van der Waals surface area contributed by atoms with Crippen LogP contribution >= 0.6 is 0 Å². The fraction of sp³-hybridized carbons (Fsp3) is 0.500. The molecule has 0 fully saturated rings. The summed E-state index contributed by atoms with van der Waals surface area (Å²) >= 11 is 0. The Morgan fingerprint density at radius 1 is 1.37 bits per heavy atom. The van der Waals surface area contributed by atoms with Crippen LogP contribution in [0.3, 0.4) is 0 Å². The number of nitrogen functional groups attached to an aromatic ring is 1. The number of nitrogens with zero attached hydrogens (tertiary/aromatic N) is 2. The van der Waals surface area contributed by atoms with E-state index in [9.17, 15) is 10.2 Å². The first-order valence-corrected chi connectivity index (χ1v) is 6.54. The van der Waals surface area contributed by atoms with Crippen molar-refractivity contribution in [2.75, 3.05) is 12.3 Å². The van der Waals surface area contributed by atoms with Gasteiger partial charge in [-0.2, -0.15) is 0 Å². The molecule has 0 aliphatic rings. The lowest BCUT2D eigenvalue weighted by atomic mass is 9.94. The molecule has 0 saturated heterocycles. The molecule has 19 heavy (non-hydrogen) atoms. The van der Waals surface area contributed by atoms with Crippen LogP contribution in [0.2, 0.25) is 0 Å². The summed E-state index contributed by atoms with van der Waals surface area (Å²) in [5.41, 5.74) is 7.88. The van der Waals surface area contributed by atoms with Gasteiger partial charge in [-0.05, 0) is 38.0 Å². The average molecular weight is 263 g/mol. The number of aromatic nitrogens is 2. The lowest BCUT2D eigenvalue weighted by molar-refractivity contribution is 0.182. The Balaban J connectivity index is 2.69. The second-order valence-electron chi connectivity index (χ2n) is 5.09. The number of aliphatic hydroxyl groups is 2. The largest absolute Gasteiger partial charge is 0.399 e. The van der Waals surface area contributed by atoms with Crippen molar-refractivity contribution in [3.8, 4) is 0 Å². The van der Waals surface area contributed by atoms with E-state index in [4.69, 9.17) is 5.73 Å². The highest BCUT2D eigenvalue weighted by Gasteiger charge is 2.28. The first kappa shape index (κ1) is 13.8. The number of hydrogen-bond donors (Lipinski definition) is 3. The fourth-order valence-corrected chi connectivity index (χ4v) is 2.54. The zero-order chi connectivity index (χ0) is 14.0. The summed E-state index contributed by atoms with van der Waals surface area (Å²) in [5, 5.41) is 18.8. The highest BCUT2D eigenvalue weighted by Crippen LogP contribution is 2.31. The van der Waals surface area contributed by atoms with Crippen LogP contribution in [-0.2, 0) is 12.1 Å². The van der Waals surface area contributed by atoms with E-state index >= 15 is 0 Å². The smallest absolute Gasteiger partial charge is 0.136 e. The van der Waals surface area contributed by atoms with Crippen LogP contribution in [0, 0.1) is 0 Å². The summed E-state index contributed by atoms with van der Waals surface area (Å²) in [6.45, 7) is 4.11. The van der Waals surface area contributed by atoms with E-state index < -0.39 is 0 Å². The molecular weight excluding hydrogens is 242 g/mol. The van der Waals surface area contributed by atoms with Crippen LogP contribution in [0.5, 0.6) is 0 Å². The molecule has 2 aromatic rings. The molecule has 104 valence electrons. The quantitative estimate of drug-likeness (QED) is 0.716. The maximum absolute atomic E-state index is 9.54. The van der Waals surface area contributed by atoms with Crippen LogP contribution in [0.15, 0.2) is 18.2 Å². The van der Waals surface area contributed by atoms with E-state index in [1.54, 1.807) is 6.07 Å². The average Bonchev–Trinajstić information content (AvgIpc) is 2.76. The number of hydrogen-bond acceptors (Lipinski definition) is 4. The number of benzene rings is 1. The van der Waals surface area contributed by atoms with Crippen LogP contribution in [0.4, 0.5) is 5.69 Å². The van der Waals surface area contributed by atoms with Gasteiger partial charge >= 0.3 is 0 Å². The van der Waals surface area contributed by atoms with E-state index in [1.165, 1.54) is 0 Å². The third-order valence-corrected chi connectivity index (χ3v) is 3.84. The number of nitrogens with two attached hydrogens (primary N) is 1. The van der Waals surface area contributed by atoms with Crippen molar-refractivity contribution >= 4 is 16.7 Å². The third-order valence-electron chi connectivity index (χ3n) is 3.84. The Morgan fingerprint density at radius 2 is 2.11 bits per heavy atom. The number of anilines is 1. The topological polar surface area (TPSA) is 84.3 Å². The Kier molecular flexibility index (Phi) is 3.78. The van der Waals surface area contributed by atoms with Crippen LogP contribution in [-0.4, -0.2) is 26.4 Å². The van der Waals surface area contributed by atoms with Crippen molar-refractivity contribution in [1.82, 2.24) is 9.55 Å². The maximum Gasteiger partial charge on any atom is 0.136 e. The van der Waals surface area contributed by atoms with Crippen molar-refractivity contribution in [3.63, 3.8) is 0 Å². The number of rotatable bonds is 5. The molecule has 4 N–H and O–H groups in total. The SMILES string of the molecule is CCC(C)(CCO)n1c(CO)nc2cc(N)ccc21. The second-order valence-corrected chi connectivity index (χ2v) is 5.09. The van der Waals surface area contributed by atoms with Gasteiger partial charge in [-0.15, -0.1) is 0 Å². The molecule has 1 aromatic carbocycles. The molecule has 0 amide bonds. The number of aliphatic hydroxyl groups excluding tert-OH is 2. The summed E-state index contributed by atoms with van der Waals surface area (Å²) in [6.07, 6.45) is 1.46. The van der Waals surface area contributed by atoms with Crippen LogP contribution in [0.1, 0.15) is 32.5 Å². The fourth-order valence-electron chi connectivity index (χ4n) is 2.54. The van der Waals surface area contributed by atoms with Gasteiger partial charge in [-0.25, -0.2) is 4.98 Å². The Bertz CT molecular complexity index is 579. The predicted molar refractivity (Wildman–Crippen MR) is 75.7 cm³/mol. The van der Waals surface area contributed by atoms with Gasteiger partial charge in [0.05, 0.1) is 11.0 Å². The molecule has 1 unspecified atom stereocenters. The molecule has 0 aliphatic heterocycles. The second kappa shape index (κ2) is 5.19. The van der Waals surface area contributed by atoms with Crippen molar-refractivity contribution in [3.05, 3.63) is 24.0 Å². The lowest BCUT2D eigenvalue weighted by Gasteiger charge is -2.31. The van der Waals surface area contributed by atoms with Gasteiger partial charge in [-0.1, -0.05) is 6.92 Å². The standard InChI is InChI=1S/C14H21N3O2/c1-3-14(2,6-7-18)17-12-5-4-10(15)8-11(12)16-13(17)9-19/h4-5,8,18-19H,3,6-7,9,15H2,1-2H3. The van der Waals surface area contributed by atoms with E-state index in [-0.39, 0.29) is 18.8 Å². The molecule has 1 aromatic heterocycles. The van der Waals surface area contributed by atoms with Crippen LogP contribution < -0.4 is 5.73 Å². The minimum Gasteiger partial charge on any atom is -0.399 e. The van der Waals surface area contributed by atoms with E-state index in [2.05, 4.69) is 18.8 Å². The molecule has 0 bridgehead atoms. The van der Waals surface area contributed by atoms with Gasteiger partial charge in [0.25, 0.3) is 0 Å². The lowest BCUT2D eigenvalue weighted by Crippen LogP contribution is -2.32. The first-order chi connectivity index (χ1) is 9.05. The van der Waals surface area contributed by atoms with E-state index in [0.717, 1.165) is 17.5 Å². The van der Waals surface area contributed by atoms with Gasteiger partial charge in [-0.3, -0.25) is 0 Å². The van der Waals surface area contributed by atoms with Crippen molar-refractivity contribution < 1.29 is 10.2 Å². The van der Waals surface area contributed by atoms with Crippen molar-refractivity contribution in [2.45, 2.75) is 38.8 Å². The van der Waals surface area contributed by atoms with E-state index in [0.29, 0.717) is 17.9 Å². The van der Waals surface area contributed by atoms with Crippen molar-refractivity contribution in [1.29, 1.82) is 0 Å². The number of fused-ring (bicyclic) bond motifs is 1. The summed E-state index contributed by atoms with van der Waals surface area (Å²) in [6, 6.07) is 5.55. The van der Waals surface area contributed by atoms with Gasteiger partial charge in [0, 0.05) is 17.8 Å². The minimum absolute atomic E-state index is 0.101. The molecule has 0 spiro atoms. The maximum atomic E-state index is 9.54. The van der Waals surface area contributed by atoms with Crippen molar-refractivity contribution in [2.24, 2.45) is 0 Å². The summed E-state index contributed by atoms with van der Waals surface area (Å²) in [4.78, 5) is 4.44. The highest BCUT2D eigenvalue weighted by molar-refractivity contribution is 5.80. The molecule has 0 saturated carbocycles. The third kappa shape index (κ3) is 2.31. The normalized spacial score (nSPS) is 14.7. The molecule has 0 radical (unpaired) electrons. The molecule has 1 heterocycles. The van der Waals surface area contributed by atoms with Crippen LogP contribution in [0.25, 0.3) is 11.0 Å². The molecule has 2 rings (SSSR count). The Labute approximate surface area is 112 Å². The predicted octanol–water partition coefficient (Wildman–Crippen LogP) is 1.62. The molecule has 5 nitrogen and oxygen atoms in total. The molecular formula is C14H21N3O2. The first-order valence-electron chi connectivity index (χ1n) is 6.54. The highest BCUT2D eigenvalue weighted by atomic mass is 16.3. The van der Waals surface area contributed by atoms with Gasteiger partial charge in [0.1, 0.15) is 12.4 Å². The zero-order valence-corrected chi connectivity index (χ0v) is 11.4.